The zero-order chi connectivity index (χ0) is 17.1. The maximum absolute atomic E-state index is 14.1. The average Bonchev–Trinajstić information content (AvgIpc) is 2.94. The van der Waals surface area contributed by atoms with Crippen LogP contribution >= 0.6 is 11.3 Å². The molecular weight excluding hydrogens is 327 g/mol. The summed E-state index contributed by atoms with van der Waals surface area (Å²) in [5, 5.41) is 0. The van der Waals surface area contributed by atoms with Gasteiger partial charge in [0.25, 0.3) is 5.91 Å². The second kappa shape index (κ2) is 6.69. The smallest absolute Gasteiger partial charge is 0.279 e. The summed E-state index contributed by atoms with van der Waals surface area (Å²) in [5.74, 6) is 2.31. The van der Waals surface area contributed by atoms with Gasteiger partial charge in [-0.1, -0.05) is 23.3 Å². The number of rotatable bonds is 3. The number of methoxy groups -OCH3 is 1. The van der Waals surface area contributed by atoms with Gasteiger partial charge in [-0.2, -0.15) is 4.99 Å². The average molecular weight is 340 g/mol. The first-order chi connectivity index (χ1) is 11.6. The first-order valence-corrected chi connectivity index (χ1v) is 7.90. The molecule has 3 aromatic rings. The summed E-state index contributed by atoms with van der Waals surface area (Å²) >= 11 is 1.22. The number of para-hydroxylation sites is 1. The van der Waals surface area contributed by atoms with Gasteiger partial charge in [0.2, 0.25) is 0 Å². The second-order valence-electron chi connectivity index (χ2n) is 4.91. The predicted molar refractivity (Wildman–Crippen MR) is 91.5 cm³/mol. The van der Waals surface area contributed by atoms with Crippen molar-refractivity contribution in [1.29, 1.82) is 0 Å². The first-order valence-electron chi connectivity index (χ1n) is 7.08. The number of hydrogen-bond acceptors (Lipinski definition) is 3. The fourth-order valence-electron chi connectivity index (χ4n) is 2.30. The Kier molecular flexibility index (Phi) is 4.45. The molecule has 1 amide bonds. The molecule has 0 fully saturated rings. The number of amides is 1. The van der Waals surface area contributed by atoms with Gasteiger partial charge < -0.3 is 9.30 Å². The number of terminal acetylenes is 1. The molecule has 1 aromatic heterocycles. The second-order valence-corrected chi connectivity index (χ2v) is 5.92. The van der Waals surface area contributed by atoms with Crippen LogP contribution in [0.3, 0.4) is 0 Å². The van der Waals surface area contributed by atoms with Crippen molar-refractivity contribution in [1.82, 2.24) is 4.57 Å². The molecule has 0 aliphatic rings. The molecule has 24 heavy (non-hydrogen) atoms. The SMILES string of the molecule is C#CCn1c(=NC(=O)c2ccc(OC)cc2)sc2cccc(F)c21. The summed E-state index contributed by atoms with van der Waals surface area (Å²) in [5.41, 5.74) is 0.780. The van der Waals surface area contributed by atoms with Crippen molar-refractivity contribution in [3.63, 3.8) is 0 Å². The Morgan fingerprint density at radius 3 is 2.75 bits per heavy atom. The number of carbonyl (C=O) groups excluding carboxylic acids is 1. The predicted octanol–water partition coefficient (Wildman–Crippen LogP) is 3.22. The van der Waals surface area contributed by atoms with Crippen LogP contribution in [0.25, 0.3) is 10.2 Å². The molecule has 3 rings (SSSR count). The van der Waals surface area contributed by atoms with Crippen LogP contribution in [0.5, 0.6) is 5.75 Å². The fraction of sp³-hybridized carbons (Fsp3) is 0.111. The molecule has 120 valence electrons. The van der Waals surface area contributed by atoms with Crippen LogP contribution in [0.4, 0.5) is 4.39 Å². The van der Waals surface area contributed by atoms with Crippen molar-refractivity contribution < 1.29 is 13.9 Å². The number of halogens is 1. The Balaban J connectivity index is 2.12. The Morgan fingerprint density at radius 1 is 1.33 bits per heavy atom. The molecule has 6 heteroatoms. The lowest BCUT2D eigenvalue weighted by Gasteiger charge is -2.01. The van der Waals surface area contributed by atoms with Crippen molar-refractivity contribution in [2.45, 2.75) is 6.54 Å². The van der Waals surface area contributed by atoms with Gasteiger partial charge in [-0.25, -0.2) is 4.39 Å². The number of aromatic nitrogens is 1. The highest BCUT2D eigenvalue weighted by molar-refractivity contribution is 7.16. The van der Waals surface area contributed by atoms with E-state index in [1.54, 1.807) is 43.5 Å². The van der Waals surface area contributed by atoms with Crippen LogP contribution in [0.1, 0.15) is 10.4 Å². The molecule has 0 atom stereocenters. The molecule has 1 heterocycles. The molecule has 4 nitrogen and oxygen atoms in total. The lowest BCUT2D eigenvalue weighted by molar-refractivity contribution is 0.0998. The minimum Gasteiger partial charge on any atom is -0.497 e. The van der Waals surface area contributed by atoms with Crippen molar-refractivity contribution in [2.75, 3.05) is 7.11 Å². The van der Waals surface area contributed by atoms with E-state index in [0.717, 1.165) is 0 Å². The Labute approximate surface area is 141 Å². The Bertz CT molecular complexity index is 1010. The lowest BCUT2D eigenvalue weighted by Crippen LogP contribution is -2.17. The highest BCUT2D eigenvalue weighted by Gasteiger charge is 2.12. The molecule has 0 radical (unpaired) electrons. The number of thiazole rings is 1. The van der Waals surface area contributed by atoms with E-state index in [0.29, 0.717) is 26.3 Å². The molecule has 0 saturated carbocycles. The maximum Gasteiger partial charge on any atom is 0.279 e. The molecule has 0 saturated heterocycles. The van der Waals surface area contributed by atoms with Crippen LogP contribution in [0, 0.1) is 18.2 Å². The Morgan fingerprint density at radius 2 is 2.08 bits per heavy atom. The standard InChI is InChI=1S/C18H13FN2O2S/c1-3-11-21-16-14(19)5-4-6-15(16)24-18(21)20-17(22)12-7-9-13(23-2)10-8-12/h1,4-10H,11H2,2H3. The lowest BCUT2D eigenvalue weighted by atomic mass is 10.2. The van der Waals surface area contributed by atoms with E-state index in [9.17, 15) is 9.18 Å². The molecule has 0 N–H and O–H groups in total. The van der Waals surface area contributed by atoms with E-state index in [4.69, 9.17) is 11.2 Å². The van der Waals surface area contributed by atoms with Gasteiger partial charge in [-0.3, -0.25) is 4.79 Å². The number of benzene rings is 2. The van der Waals surface area contributed by atoms with Gasteiger partial charge >= 0.3 is 0 Å². The summed E-state index contributed by atoms with van der Waals surface area (Å²) in [6, 6.07) is 11.4. The molecule has 2 aromatic carbocycles. The van der Waals surface area contributed by atoms with Gasteiger partial charge in [0.1, 0.15) is 11.6 Å². The molecular formula is C18H13FN2O2S. The van der Waals surface area contributed by atoms with Gasteiger partial charge in [0.05, 0.1) is 23.9 Å². The largest absolute Gasteiger partial charge is 0.497 e. The minimum absolute atomic E-state index is 0.135. The monoisotopic (exact) mass is 340 g/mol. The van der Waals surface area contributed by atoms with Crippen LogP contribution in [-0.4, -0.2) is 17.6 Å². The normalized spacial score (nSPS) is 11.5. The molecule has 0 aliphatic heterocycles. The number of fused-ring (bicyclic) bond motifs is 1. The van der Waals surface area contributed by atoms with Crippen molar-refractivity contribution in [3.8, 4) is 18.1 Å². The van der Waals surface area contributed by atoms with Gasteiger partial charge in [0, 0.05) is 5.56 Å². The quantitative estimate of drug-likeness (QED) is 0.687. The maximum atomic E-state index is 14.1. The highest BCUT2D eigenvalue weighted by Crippen LogP contribution is 2.20. The highest BCUT2D eigenvalue weighted by atomic mass is 32.1. The third kappa shape index (κ3) is 2.94. The third-order valence-corrected chi connectivity index (χ3v) is 4.48. The van der Waals surface area contributed by atoms with Gasteiger partial charge in [-0.15, -0.1) is 6.42 Å². The van der Waals surface area contributed by atoms with Crippen LogP contribution < -0.4 is 9.54 Å². The van der Waals surface area contributed by atoms with E-state index in [-0.39, 0.29) is 6.54 Å². The zero-order valence-electron chi connectivity index (χ0n) is 12.8. The van der Waals surface area contributed by atoms with Crippen LogP contribution in [0.2, 0.25) is 0 Å². The van der Waals surface area contributed by atoms with Crippen LogP contribution in [-0.2, 0) is 6.54 Å². The van der Waals surface area contributed by atoms with E-state index in [1.165, 1.54) is 22.0 Å². The molecule has 0 spiro atoms. The molecule has 0 unspecified atom stereocenters. The first kappa shape index (κ1) is 16.0. The summed E-state index contributed by atoms with van der Waals surface area (Å²) in [6.45, 7) is 0.135. The Hall–Kier alpha value is -2.91. The number of carbonyl (C=O) groups is 1. The van der Waals surface area contributed by atoms with E-state index in [2.05, 4.69) is 10.9 Å². The summed E-state index contributed by atoms with van der Waals surface area (Å²) < 4.78 is 21.4. The summed E-state index contributed by atoms with van der Waals surface area (Å²) in [4.78, 5) is 16.9. The van der Waals surface area contributed by atoms with Crippen molar-refractivity contribution in [2.24, 2.45) is 4.99 Å². The van der Waals surface area contributed by atoms with Crippen molar-refractivity contribution >= 4 is 27.5 Å². The fourth-order valence-corrected chi connectivity index (χ4v) is 3.34. The number of nitrogens with zero attached hydrogens (tertiary/aromatic N) is 2. The third-order valence-electron chi connectivity index (χ3n) is 3.44. The zero-order valence-corrected chi connectivity index (χ0v) is 13.6. The van der Waals surface area contributed by atoms with E-state index >= 15 is 0 Å². The summed E-state index contributed by atoms with van der Waals surface area (Å²) in [7, 11) is 1.55. The topological polar surface area (TPSA) is 43.6 Å². The minimum atomic E-state index is -0.421. The molecule has 0 aliphatic carbocycles. The number of ether oxygens (including phenoxy) is 1. The summed E-state index contributed by atoms with van der Waals surface area (Å²) in [6.07, 6.45) is 5.37. The number of hydrogen-bond donors (Lipinski definition) is 0. The van der Waals surface area contributed by atoms with Crippen molar-refractivity contribution in [3.05, 3.63) is 58.6 Å². The van der Waals surface area contributed by atoms with Gasteiger partial charge in [-0.05, 0) is 36.4 Å². The van der Waals surface area contributed by atoms with Crippen LogP contribution in [0.15, 0.2) is 47.5 Å². The van der Waals surface area contributed by atoms with E-state index in [1.807, 2.05) is 0 Å². The van der Waals surface area contributed by atoms with Gasteiger partial charge in [0.15, 0.2) is 4.80 Å². The van der Waals surface area contributed by atoms with E-state index < -0.39 is 11.7 Å². The molecule has 0 bridgehead atoms.